The average Bonchev–Trinajstić information content (AvgIpc) is 2.92. The molecule has 1 saturated heterocycles. The normalized spacial score (nSPS) is 20.3. The first kappa shape index (κ1) is 14.0. The number of nitrogens with one attached hydrogen (secondary N) is 2. The third-order valence-corrected chi connectivity index (χ3v) is 5.25. The molecule has 1 fully saturated rings. The van der Waals surface area contributed by atoms with E-state index in [4.69, 9.17) is 11.1 Å². The van der Waals surface area contributed by atoms with Crippen LogP contribution in [0.4, 0.5) is 0 Å². The quantitative estimate of drug-likeness (QED) is 0.486. The Morgan fingerprint density at radius 1 is 1.47 bits per heavy atom. The number of sulfonamides is 1. The lowest BCUT2D eigenvalue weighted by molar-refractivity contribution is 0.173. The van der Waals surface area contributed by atoms with Gasteiger partial charge in [-0.2, -0.15) is 9.40 Å². The van der Waals surface area contributed by atoms with Gasteiger partial charge in [0.1, 0.15) is 10.7 Å². The number of rotatable bonds is 4. The summed E-state index contributed by atoms with van der Waals surface area (Å²) in [6.45, 7) is 3.77. The molecule has 1 atom stereocenters. The van der Waals surface area contributed by atoms with Crippen LogP contribution in [0.5, 0.6) is 0 Å². The first-order valence-electron chi connectivity index (χ1n) is 6.00. The van der Waals surface area contributed by atoms with Crippen molar-refractivity contribution in [1.82, 2.24) is 19.4 Å². The van der Waals surface area contributed by atoms with Crippen LogP contribution in [0.25, 0.3) is 0 Å². The van der Waals surface area contributed by atoms with Gasteiger partial charge in [0.05, 0.1) is 12.2 Å². The average molecular weight is 286 g/mol. The van der Waals surface area contributed by atoms with E-state index in [1.807, 2.05) is 11.8 Å². The molecule has 4 N–H and O–H groups in total. The van der Waals surface area contributed by atoms with E-state index in [0.29, 0.717) is 26.2 Å². The van der Waals surface area contributed by atoms with E-state index in [1.54, 1.807) is 0 Å². The first-order chi connectivity index (χ1) is 8.93. The minimum Gasteiger partial charge on any atom is -0.386 e. The Hall–Kier alpha value is -1.45. The number of H-pyrrole nitrogens is 1. The maximum Gasteiger partial charge on any atom is 0.246 e. The van der Waals surface area contributed by atoms with Gasteiger partial charge < -0.3 is 5.73 Å². The summed E-state index contributed by atoms with van der Waals surface area (Å²) in [7, 11) is -3.46. The molecule has 8 nitrogen and oxygen atoms in total. The molecule has 1 aromatic heterocycles. The highest BCUT2D eigenvalue weighted by Gasteiger charge is 2.30. The van der Waals surface area contributed by atoms with Crippen LogP contribution in [0.2, 0.25) is 0 Å². The predicted molar refractivity (Wildman–Crippen MR) is 70.3 cm³/mol. The summed E-state index contributed by atoms with van der Waals surface area (Å²) in [6.07, 6.45) is 2.68. The van der Waals surface area contributed by atoms with Gasteiger partial charge >= 0.3 is 0 Å². The zero-order valence-corrected chi connectivity index (χ0v) is 11.5. The molecule has 106 valence electrons. The lowest BCUT2D eigenvalue weighted by Crippen LogP contribution is -2.54. The van der Waals surface area contributed by atoms with Crippen LogP contribution < -0.4 is 5.73 Å². The number of nitrogens with zero attached hydrogens (tertiary/aromatic N) is 3. The molecule has 9 heteroatoms. The van der Waals surface area contributed by atoms with E-state index >= 15 is 0 Å². The number of aromatic nitrogens is 2. The molecule has 0 bridgehead atoms. The lowest BCUT2D eigenvalue weighted by atomic mass is 10.2. The Kier molecular flexibility index (Phi) is 3.88. The fraction of sp³-hybridized carbons (Fsp3) is 0.600. The summed E-state index contributed by atoms with van der Waals surface area (Å²) in [5.41, 5.74) is 5.46. The van der Waals surface area contributed by atoms with Crippen LogP contribution in [0.1, 0.15) is 6.92 Å². The van der Waals surface area contributed by atoms with Gasteiger partial charge in [0.15, 0.2) is 0 Å². The summed E-state index contributed by atoms with van der Waals surface area (Å²) in [6, 6.07) is -0.154. The number of hydrogen-bond acceptors (Lipinski definition) is 5. The molecule has 1 aliphatic rings. The molecule has 1 aromatic rings. The highest BCUT2D eigenvalue weighted by molar-refractivity contribution is 7.89. The zero-order chi connectivity index (χ0) is 14.0. The monoisotopic (exact) mass is 286 g/mol. The van der Waals surface area contributed by atoms with Crippen LogP contribution in [0.15, 0.2) is 17.3 Å². The van der Waals surface area contributed by atoms with Gasteiger partial charge in [-0.05, 0) is 6.92 Å². The van der Waals surface area contributed by atoms with Gasteiger partial charge in [-0.25, -0.2) is 8.42 Å². The number of piperazine rings is 1. The van der Waals surface area contributed by atoms with Crippen LogP contribution in [-0.4, -0.2) is 65.9 Å². The molecule has 1 unspecified atom stereocenters. The molecule has 0 amide bonds. The summed E-state index contributed by atoms with van der Waals surface area (Å²) in [5.74, 6) is 0.103. The van der Waals surface area contributed by atoms with Gasteiger partial charge in [-0.15, -0.1) is 0 Å². The van der Waals surface area contributed by atoms with Crippen LogP contribution >= 0.6 is 0 Å². The van der Waals surface area contributed by atoms with Gasteiger partial charge in [0.2, 0.25) is 10.0 Å². The van der Waals surface area contributed by atoms with Crippen molar-refractivity contribution in [3.05, 3.63) is 12.4 Å². The second kappa shape index (κ2) is 5.27. The Morgan fingerprint density at radius 2 is 2.11 bits per heavy atom. The Balaban J connectivity index is 2.03. The van der Waals surface area contributed by atoms with Crippen molar-refractivity contribution < 1.29 is 8.42 Å². The lowest BCUT2D eigenvalue weighted by Gasteiger charge is -2.36. The van der Waals surface area contributed by atoms with Crippen molar-refractivity contribution in [3.63, 3.8) is 0 Å². The Bertz CT molecular complexity index is 532. The second-order valence-electron chi connectivity index (χ2n) is 4.51. The van der Waals surface area contributed by atoms with Crippen molar-refractivity contribution in [2.24, 2.45) is 5.73 Å². The fourth-order valence-corrected chi connectivity index (χ4v) is 3.39. The van der Waals surface area contributed by atoms with E-state index in [2.05, 4.69) is 10.2 Å². The van der Waals surface area contributed by atoms with Crippen molar-refractivity contribution in [1.29, 1.82) is 5.41 Å². The topological polar surface area (TPSA) is 119 Å². The number of aromatic amines is 1. The van der Waals surface area contributed by atoms with Gasteiger partial charge in [-0.3, -0.25) is 15.4 Å². The largest absolute Gasteiger partial charge is 0.386 e. The molecule has 0 aromatic carbocycles. The third kappa shape index (κ3) is 2.77. The fourth-order valence-electron chi connectivity index (χ4n) is 2.06. The minimum absolute atomic E-state index is 0.103. The summed E-state index contributed by atoms with van der Waals surface area (Å²) in [4.78, 5) is 2.18. The van der Waals surface area contributed by atoms with Crippen molar-refractivity contribution in [2.75, 3.05) is 26.2 Å². The predicted octanol–water partition coefficient (Wildman–Crippen LogP) is -0.960. The molecule has 2 heterocycles. The van der Waals surface area contributed by atoms with Gasteiger partial charge in [0.25, 0.3) is 0 Å². The maximum atomic E-state index is 12.2. The number of hydrogen-bond donors (Lipinski definition) is 3. The molecular formula is C10H18N6O2S. The summed E-state index contributed by atoms with van der Waals surface area (Å²) >= 11 is 0. The standard InChI is InChI=1S/C10H18N6O2S/c1-8(10(11)12)15-2-4-16(5-3-15)19(17,18)9-6-13-14-7-9/h6-8H,2-5H2,1H3,(H3,11,12)(H,13,14). The van der Waals surface area contributed by atoms with Gasteiger partial charge in [-0.1, -0.05) is 0 Å². The van der Waals surface area contributed by atoms with Crippen LogP contribution in [0.3, 0.4) is 0 Å². The Morgan fingerprint density at radius 3 is 2.58 bits per heavy atom. The molecule has 0 saturated carbocycles. The highest BCUT2D eigenvalue weighted by Crippen LogP contribution is 2.16. The van der Waals surface area contributed by atoms with E-state index in [0.717, 1.165) is 0 Å². The molecule has 0 spiro atoms. The molecule has 19 heavy (non-hydrogen) atoms. The van der Waals surface area contributed by atoms with Crippen LogP contribution in [-0.2, 0) is 10.0 Å². The second-order valence-corrected chi connectivity index (χ2v) is 6.44. The third-order valence-electron chi connectivity index (χ3n) is 3.38. The number of amidine groups is 1. The molecule has 1 aliphatic heterocycles. The summed E-state index contributed by atoms with van der Waals surface area (Å²) in [5, 5.41) is 13.6. The molecular weight excluding hydrogens is 268 g/mol. The van der Waals surface area contributed by atoms with E-state index in [1.165, 1.54) is 16.7 Å². The minimum atomic E-state index is -3.46. The SMILES string of the molecule is CC(C(=N)N)N1CCN(S(=O)(=O)c2cn[nH]c2)CC1. The highest BCUT2D eigenvalue weighted by atomic mass is 32.2. The summed E-state index contributed by atoms with van der Waals surface area (Å²) < 4.78 is 25.9. The molecule has 0 aliphatic carbocycles. The molecule has 0 radical (unpaired) electrons. The van der Waals surface area contributed by atoms with Crippen molar-refractivity contribution in [3.8, 4) is 0 Å². The van der Waals surface area contributed by atoms with Crippen LogP contribution in [0, 0.1) is 5.41 Å². The van der Waals surface area contributed by atoms with Gasteiger partial charge in [0, 0.05) is 32.4 Å². The number of nitrogens with two attached hydrogens (primary N) is 1. The van der Waals surface area contributed by atoms with E-state index < -0.39 is 10.0 Å². The maximum absolute atomic E-state index is 12.2. The smallest absolute Gasteiger partial charge is 0.246 e. The van der Waals surface area contributed by atoms with Crippen molar-refractivity contribution >= 4 is 15.9 Å². The molecule has 2 rings (SSSR count). The first-order valence-corrected chi connectivity index (χ1v) is 7.44. The van der Waals surface area contributed by atoms with E-state index in [9.17, 15) is 8.42 Å². The van der Waals surface area contributed by atoms with E-state index in [-0.39, 0.29) is 16.8 Å². The Labute approximate surface area is 112 Å². The zero-order valence-electron chi connectivity index (χ0n) is 10.7. The van der Waals surface area contributed by atoms with Crippen molar-refractivity contribution in [2.45, 2.75) is 17.9 Å².